The highest BCUT2D eigenvalue weighted by atomic mass is 32.2. The number of Topliss-reactive ketones (excluding diaryl/α,β-unsaturated/α-hetero) is 1. The van der Waals surface area contributed by atoms with E-state index in [-0.39, 0.29) is 5.78 Å². The van der Waals surface area contributed by atoms with Crippen molar-refractivity contribution in [2.24, 2.45) is 16.8 Å². The van der Waals surface area contributed by atoms with Gasteiger partial charge in [-0.3, -0.25) is 4.79 Å². The molecule has 3 rings (SSSR count). The number of amidine groups is 1. The standard InChI is InChI=1S/C20H28N2OS/c1-5-14(4)18-12-24-20(22(18)11-13(2)3)21-16-7-8-17-15(10-16)6-9-19(17)23/h7-8,10,13-14,18H,5-6,9,11-12H2,1-4H3/t14?,18-/m1/s1. The van der Waals surface area contributed by atoms with Gasteiger partial charge in [-0.25, -0.2) is 4.99 Å². The molecular weight excluding hydrogens is 316 g/mol. The maximum absolute atomic E-state index is 11.8. The summed E-state index contributed by atoms with van der Waals surface area (Å²) in [4.78, 5) is 19.3. The summed E-state index contributed by atoms with van der Waals surface area (Å²) < 4.78 is 0. The maximum atomic E-state index is 11.8. The molecule has 0 amide bonds. The lowest BCUT2D eigenvalue weighted by atomic mass is 9.99. The molecule has 1 saturated heterocycles. The van der Waals surface area contributed by atoms with Gasteiger partial charge < -0.3 is 4.90 Å². The molecule has 3 nitrogen and oxygen atoms in total. The second-order valence-corrected chi connectivity index (χ2v) is 8.46. The lowest BCUT2D eigenvalue weighted by Gasteiger charge is -2.31. The van der Waals surface area contributed by atoms with Crippen LogP contribution in [0.15, 0.2) is 23.2 Å². The molecule has 0 saturated carbocycles. The predicted molar refractivity (Wildman–Crippen MR) is 103 cm³/mol. The Labute approximate surface area is 149 Å². The van der Waals surface area contributed by atoms with Crippen LogP contribution < -0.4 is 0 Å². The Morgan fingerprint density at radius 3 is 2.79 bits per heavy atom. The first-order chi connectivity index (χ1) is 11.5. The normalized spacial score (nSPS) is 23.4. The third-order valence-corrected chi connectivity index (χ3v) is 6.22. The zero-order valence-electron chi connectivity index (χ0n) is 15.2. The number of ketones is 1. The Bertz CT molecular complexity index is 653. The zero-order chi connectivity index (χ0) is 17.3. The van der Waals surface area contributed by atoms with E-state index in [1.54, 1.807) is 0 Å². The first-order valence-corrected chi connectivity index (χ1v) is 10.1. The fraction of sp³-hybridized carbons (Fsp3) is 0.600. The van der Waals surface area contributed by atoms with Crippen LogP contribution in [0.3, 0.4) is 0 Å². The molecule has 0 bridgehead atoms. The molecule has 0 radical (unpaired) electrons. The molecule has 1 unspecified atom stereocenters. The summed E-state index contributed by atoms with van der Waals surface area (Å²) in [5.74, 6) is 2.71. The fourth-order valence-electron chi connectivity index (χ4n) is 3.54. The average molecular weight is 345 g/mol. The van der Waals surface area contributed by atoms with Crippen LogP contribution in [0, 0.1) is 11.8 Å². The largest absolute Gasteiger partial charge is 0.347 e. The van der Waals surface area contributed by atoms with Gasteiger partial charge in [0.2, 0.25) is 0 Å². The summed E-state index contributed by atoms with van der Waals surface area (Å²) in [6, 6.07) is 6.65. The molecule has 2 atom stereocenters. The monoisotopic (exact) mass is 344 g/mol. The van der Waals surface area contributed by atoms with Crippen molar-refractivity contribution in [1.82, 2.24) is 4.90 Å². The zero-order valence-corrected chi connectivity index (χ0v) is 16.0. The molecule has 1 fully saturated rings. The first-order valence-electron chi connectivity index (χ1n) is 9.13. The fourth-order valence-corrected chi connectivity index (χ4v) is 4.92. The van der Waals surface area contributed by atoms with Gasteiger partial charge in [0.1, 0.15) is 0 Å². The lowest BCUT2D eigenvalue weighted by Crippen LogP contribution is -2.40. The van der Waals surface area contributed by atoms with Crippen LogP contribution >= 0.6 is 11.8 Å². The van der Waals surface area contributed by atoms with Crippen LogP contribution in [0.4, 0.5) is 5.69 Å². The second-order valence-electron chi connectivity index (χ2n) is 7.47. The molecule has 0 spiro atoms. The minimum Gasteiger partial charge on any atom is -0.347 e. The van der Waals surface area contributed by atoms with Crippen molar-refractivity contribution in [1.29, 1.82) is 0 Å². The molecule has 1 heterocycles. The van der Waals surface area contributed by atoms with Crippen LogP contribution in [-0.4, -0.2) is 34.2 Å². The Morgan fingerprint density at radius 2 is 2.08 bits per heavy atom. The molecular formula is C20H28N2OS. The highest BCUT2D eigenvalue weighted by Crippen LogP contribution is 2.33. The molecule has 130 valence electrons. The number of rotatable bonds is 5. The summed E-state index contributed by atoms with van der Waals surface area (Å²) in [5.41, 5.74) is 3.05. The molecule has 24 heavy (non-hydrogen) atoms. The van der Waals surface area contributed by atoms with Gasteiger partial charge in [-0.15, -0.1) is 0 Å². The summed E-state index contributed by atoms with van der Waals surface area (Å²) in [6.07, 6.45) is 2.72. The van der Waals surface area contributed by atoms with Crippen molar-refractivity contribution in [2.75, 3.05) is 12.3 Å². The van der Waals surface area contributed by atoms with Gasteiger partial charge in [0.15, 0.2) is 11.0 Å². The number of fused-ring (bicyclic) bond motifs is 1. The number of carbonyl (C=O) groups excluding carboxylic acids is 1. The Kier molecular flexibility index (Phi) is 5.33. The minimum atomic E-state index is 0.276. The molecule has 0 N–H and O–H groups in total. The number of thioether (sulfide) groups is 1. The van der Waals surface area contributed by atoms with Crippen molar-refractivity contribution < 1.29 is 4.79 Å². The van der Waals surface area contributed by atoms with Crippen LogP contribution in [0.2, 0.25) is 0 Å². The second kappa shape index (κ2) is 7.30. The minimum absolute atomic E-state index is 0.276. The molecule has 1 aliphatic heterocycles. The Balaban J connectivity index is 1.86. The van der Waals surface area contributed by atoms with Gasteiger partial charge >= 0.3 is 0 Å². The maximum Gasteiger partial charge on any atom is 0.164 e. The van der Waals surface area contributed by atoms with Crippen LogP contribution in [-0.2, 0) is 6.42 Å². The molecule has 4 heteroatoms. The quantitative estimate of drug-likeness (QED) is 0.760. The van der Waals surface area contributed by atoms with Crippen molar-refractivity contribution in [3.05, 3.63) is 29.3 Å². The molecule has 1 aromatic carbocycles. The van der Waals surface area contributed by atoms with E-state index in [2.05, 4.69) is 38.7 Å². The summed E-state index contributed by atoms with van der Waals surface area (Å²) in [5, 5.41) is 1.15. The topological polar surface area (TPSA) is 32.7 Å². The summed E-state index contributed by atoms with van der Waals surface area (Å²) in [6.45, 7) is 10.2. The highest BCUT2D eigenvalue weighted by Gasteiger charge is 2.33. The highest BCUT2D eigenvalue weighted by molar-refractivity contribution is 8.14. The van der Waals surface area contributed by atoms with Gasteiger partial charge in [0.05, 0.1) is 5.69 Å². The van der Waals surface area contributed by atoms with E-state index in [4.69, 9.17) is 4.99 Å². The van der Waals surface area contributed by atoms with E-state index in [0.717, 1.165) is 35.1 Å². The molecule has 1 aromatic rings. The Morgan fingerprint density at radius 1 is 1.29 bits per heavy atom. The number of nitrogens with zero attached hydrogens (tertiary/aromatic N) is 2. The number of hydrogen-bond acceptors (Lipinski definition) is 3. The number of hydrogen-bond donors (Lipinski definition) is 0. The van der Waals surface area contributed by atoms with Gasteiger partial charge in [-0.1, -0.05) is 45.9 Å². The van der Waals surface area contributed by atoms with E-state index in [0.29, 0.717) is 24.3 Å². The number of carbonyl (C=O) groups is 1. The van der Waals surface area contributed by atoms with Gasteiger partial charge in [0.25, 0.3) is 0 Å². The van der Waals surface area contributed by atoms with E-state index < -0.39 is 0 Å². The molecule has 0 aromatic heterocycles. The van der Waals surface area contributed by atoms with Crippen molar-refractivity contribution in [2.45, 2.75) is 53.0 Å². The molecule has 1 aliphatic carbocycles. The third kappa shape index (κ3) is 3.53. The van der Waals surface area contributed by atoms with Gasteiger partial charge in [-0.05, 0) is 42.0 Å². The van der Waals surface area contributed by atoms with Gasteiger partial charge in [-0.2, -0.15) is 0 Å². The van der Waals surface area contributed by atoms with Crippen LogP contribution in [0.1, 0.15) is 56.5 Å². The summed E-state index contributed by atoms with van der Waals surface area (Å²) in [7, 11) is 0. The predicted octanol–water partition coefficient (Wildman–Crippen LogP) is 4.92. The van der Waals surface area contributed by atoms with E-state index in [1.807, 2.05) is 23.9 Å². The van der Waals surface area contributed by atoms with Crippen LogP contribution in [0.5, 0.6) is 0 Å². The van der Waals surface area contributed by atoms with Gasteiger partial charge in [0, 0.05) is 30.3 Å². The lowest BCUT2D eigenvalue weighted by molar-refractivity contribution is 0.0994. The molecule has 2 aliphatic rings. The van der Waals surface area contributed by atoms with Crippen molar-refractivity contribution in [3.8, 4) is 0 Å². The van der Waals surface area contributed by atoms with Crippen LogP contribution in [0.25, 0.3) is 0 Å². The smallest absolute Gasteiger partial charge is 0.164 e. The Hall–Kier alpha value is -1.29. The number of benzene rings is 1. The SMILES string of the molecule is CCC(C)[C@H]1CSC(=Nc2ccc3c(c2)CCC3=O)N1CC(C)C. The van der Waals surface area contributed by atoms with Crippen molar-refractivity contribution in [3.63, 3.8) is 0 Å². The number of aliphatic imine (C=N–C) groups is 1. The number of aryl methyl sites for hydroxylation is 1. The summed E-state index contributed by atoms with van der Waals surface area (Å²) >= 11 is 1.88. The first kappa shape index (κ1) is 17.5. The van der Waals surface area contributed by atoms with E-state index in [9.17, 15) is 4.79 Å². The van der Waals surface area contributed by atoms with E-state index >= 15 is 0 Å². The van der Waals surface area contributed by atoms with Crippen molar-refractivity contribution >= 4 is 28.4 Å². The van der Waals surface area contributed by atoms with E-state index in [1.165, 1.54) is 12.0 Å². The third-order valence-electron chi connectivity index (χ3n) is 5.13. The average Bonchev–Trinajstić information content (AvgIpc) is 3.11.